The quantitative estimate of drug-likeness (QED) is 0.922. The number of nitrogens with zero attached hydrogens (tertiary/aromatic N) is 1. The minimum absolute atomic E-state index is 0.267. The van der Waals surface area contributed by atoms with Crippen LogP contribution in [0.5, 0.6) is 11.5 Å². The SMILES string of the molecule is CC(C)N1COCC12c1ccccc1Oc1ccc(C(N)=O)cc12. The Bertz CT molecular complexity index is 818. The molecule has 2 aromatic carbocycles. The molecule has 2 aliphatic heterocycles. The summed E-state index contributed by atoms with van der Waals surface area (Å²) >= 11 is 0. The van der Waals surface area contributed by atoms with Gasteiger partial charge in [0.25, 0.3) is 0 Å². The Morgan fingerprint density at radius 1 is 1.17 bits per heavy atom. The first-order valence-electron chi connectivity index (χ1n) is 8.10. The third-order valence-corrected chi connectivity index (χ3v) is 4.92. The van der Waals surface area contributed by atoms with Gasteiger partial charge in [0, 0.05) is 22.7 Å². The van der Waals surface area contributed by atoms with Crippen LogP contribution in [0.4, 0.5) is 0 Å². The minimum atomic E-state index is -0.468. The molecule has 24 heavy (non-hydrogen) atoms. The van der Waals surface area contributed by atoms with E-state index < -0.39 is 11.4 Å². The number of nitrogens with two attached hydrogens (primary N) is 1. The molecule has 4 rings (SSSR count). The largest absolute Gasteiger partial charge is 0.457 e. The highest BCUT2D eigenvalue weighted by Crippen LogP contribution is 2.52. The highest BCUT2D eigenvalue weighted by Gasteiger charge is 2.51. The van der Waals surface area contributed by atoms with Gasteiger partial charge in [-0.25, -0.2) is 0 Å². The highest BCUT2D eigenvalue weighted by atomic mass is 16.5. The van der Waals surface area contributed by atoms with Crippen LogP contribution in [-0.4, -0.2) is 30.2 Å². The second-order valence-corrected chi connectivity index (χ2v) is 6.57. The molecule has 1 saturated heterocycles. The van der Waals surface area contributed by atoms with Gasteiger partial charge in [0.05, 0.1) is 6.61 Å². The number of para-hydroxylation sites is 1. The Morgan fingerprint density at radius 2 is 1.92 bits per heavy atom. The second-order valence-electron chi connectivity index (χ2n) is 6.57. The fourth-order valence-electron chi connectivity index (χ4n) is 3.80. The van der Waals surface area contributed by atoms with Crippen LogP contribution in [0.2, 0.25) is 0 Å². The molecule has 0 aliphatic carbocycles. The summed E-state index contributed by atoms with van der Waals surface area (Å²) in [6, 6.07) is 13.6. The molecule has 2 heterocycles. The molecule has 1 spiro atoms. The van der Waals surface area contributed by atoms with Crippen LogP contribution in [0.3, 0.4) is 0 Å². The molecule has 124 valence electrons. The molecule has 0 radical (unpaired) electrons. The number of amides is 1. The summed E-state index contributed by atoms with van der Waals surface area (Å²) in [5.74, 6) is 1.13. The molecule has 2 N–H and O–H groups in total. The number of ether oxygens (including phenoxy) is 2. The van der Waals surface area contributed by atoms with Gasteiger partial charge in [-0.3, -0.25) is 9.69 Å². The molecule has 0 aromatic heterocycles. The van der Waals surface area contributed by atoms with E-state index in [2.05, 4.69) is 24.8 Å². The average molecular weight is 324 g/mol. The number of fused-ring (bicyclic) bond motifs is 4. The molecule has 1 amide bonds. The van der Waals surface area contributed by atoms with E-state index in [1.165, 1.54) is 0 Å². The number of carbonyl (C=O) groups excluding carboxylic acids is 1. The van der Waals surface area contributed by atoms with Gasteiger partial charge < -0.3 is 15.2 Å². The number of benzene rings is 2. The van der Waals surface area contributed by atoms with Crippen molar-refractivity contribution in [2.75, 3.05) is 13.3 Å². The Balaban J connectivity index is 2.01. The molecule has 1 unspecified atom stereocenters. The maximum absolute atomic E-state index is 11.7. The van der Waals surface area contributed by atoms with Gasteiger partial charge in [0.15, 0.2) is 0 Å². The van der Waals surface area contributed by atoms with E-state index in [1.807, 2.05) is 30.3 Å². The van der Waals surface area contributed by atoms with E-state index in [0.717, 1.165) is 22.6 Å². The van der Waals surface area contributed by atoms with Crippen molar-refractivity contribution in [2.45, 2.75) is 25.4 Å². The van der Waals surface area contributed by atoms with E-state index >= 15 is 0 Å². The number of primary amides is 1. The number of hydrogen-bond acceptors (Lipinski definition) is 4. The monoisotopic (exact) mass is 324 g/mol. The Hall–Kier alpha value is -2.37. The molecule has 5 nitrogen and oxygen atoms in total. The summed E-state index contributed by atoms with van der Waals surface area (Å²) in [5.41, 5.74) is 7.50. The molecule has 0 bridgehead atoms. The van der Waals surface area contributed by atoms with E-state index in [-0.39, 0.29) is 6.04 Å². The molecule has 1 atom stereocenters. The van der Waals surface area contributed by atoms with E-state index in [4.69, 9.17) is 15.2 Å². The predicted octanol–water partition coefficient (Wildman–Crippen LogP) is 2.83. The van der Waals surface area contributed by atoms with Gasteiger partial charge in [-0.2, -0.15) is 0 Å². The standard InChI is InChI=1S/C19H20N2O3/c1-12(2)21-11-23-10-19(21)14-5-3-4-6-16(14)24-17-8-7-13(18(20)22)9-15(17)19/h3-9,12H,10-11H2,1-2H3,(H2,20,22). The van der Waals surface area contributed by atoms with Crippen LogP contribution in [0.1, 0.15) is 35.3 Å². The van der Waals surface area contributed by atoms with Crippen molar-refractivity contribution in [3.63, 3.8) is 0 Å². The van der Waals surface area contributed by atoms with Crippen LogP contribution in [0.25, 0.3) is 0 Å². The van der Waals surface area contributed by atoms with Crippen molar-refractivity contribution in [3.8, 4) is 11.5 Å². The maximum atomic E-state index is 11.7. The topological polar surface area (TPSA) is 64.8 Å². The minimum Gasteiger partial charge on any atom is -0.457 e. The summed E-state index contributed by atoms with van der Waals surface area (Å²) in [4.78, 5) is 14.0. The third-order valence-electron chi connectivity index (χ3n) is 4.92. The zero-order valence-corrected chi connectivity index (χ0v) is 13.8. The first-order valence-corrected chi connectivity index (χ1v) is 8.10. The van der Waals surface area contributed by atoms with Crippen LogP contribution in [-0.2, 0) is 10.3 Å². The molecule has 1 fully saturated rings. The van der Waals surface area contributed by atoms with Crippen molar-refractivity contribution in [3.05, 3.63) is 59.2 Å². The first kappa shape index (κ1) is 15.2. The highest BCUT2D eigenvalue weighted by molar-refractivity contribution is 5.93. The van der Waals surface area contributed by atoms with Gasteiger partial charge in [-0.05, 0) is 38.1 Å². The summed E-state index contributed by atoms with van der Waals surface area (Å²) in [6.45, 7) is 5.34. The van der Waals surface area contributed by atoms with Crippen LogP contribution in [0.15, 0.2) is 42.5 Å². The van der Waals surface area contributed by atoms with Crippen LogP contribution >= 0.6 is 0 Å². The molecular weight excluding hydrogens is 304 g/mol. The van der Waals surface area contributed by atoms with E-state index in [0.29, 0.717) is 18.9 Å². The van der Waals surface area contributed by atoms with Gasteiger partial charge in [-0.15, -0.1) is 0 Å². The number of rotatable bonds is 2. The van der Waals surface area contributed by atoms with E-state index in [9.17, 15) is 4.79 Å². The van der Waals surface area contributed by atoms with Crippen molar-refractivity contribution < 1.29 is 14.3 Å². The van der Waals surface area contributed by atoms with Crippen LogP contribution in [0, 0.1) is 0 Å². The Labute approximate surface area is 141 Å². The second kappa shape index (κ2) is 5.33. The molecule has 2 aliphatic rings. The fourth-order valence-corrected chi connectivity index (χ4v) is 3.80. The zero-order valence-electron chi connectivity index (χ0n) is 13.8. The third kappa shape index (κ3) is 1.98. The zero-order chi connectivity index (χ0) is 16.9. The van der Waals surface area contributed by atoms with E-state index in [1.54, 1.807) is 6.07 Å². The summed E-state index contributed by atoms with van der Waals surface area (Å²) in [7, 11) is 0. The van der Waals surface area contributed by atoms with Gasteiger partial charge >= 0.3 is 0 Å². The maximum Gasteiger partial charge on any atom is 0.248 e. The van der Waals surface area contributed by atoms with Crippen molar-refractivity contribution >= 4 is 5.91 Å². The molecular formula is C19H20N2O3. The van der Waals surface area contributed by atoms with Crippen molar-refractivity contribution in [1.29, 1.82) is 0 Å². The average Bonchev–Trinajstić information content (AvgIpc) is 3.00. The summed E-state index contributed by atoms with van der Waals surface area (Å²) in [6.07, 6.45) is 0. The lowest BCUT2D eigenvalue weighted by Gasteiger charge is -2.44. The Kier molecular flexibility index (Phi) is 3.37. The fraction of sp³-hybridized carbons (Fsp3) is 0.316. The summed E-state index contributed by atoms with van der Waals surface area (Å²) in [5, 5.41) is 0. The Morgan fingerprint density at radius 3 is 2.67 bits per heavy atom. The van der Waals surface area contributed by atoms with Gasteiger partial charge in [0.1, 0.15) is 23.8 Å². The van der Waals surface area contributed by atoms with Gasteiger partial charge in [-0.1, -0.05) is 18.2 Å². The first-order chi connectivity index (χ1) is 11.5. The number of hydrogen-bond donors (Lipinski definition) is 1. The lowest BCUT2D eigenvalue weighted by Crippen LogP contribution is -2.49. The number of carbonyl (C=O) groups is 1. The lowest BCUT2D eigenvalue weighted by molar-refractivity contribution is 0.0992. The predicted molar refractivity (Wildman–Crippen MR) is 90.0 cm³/mol. The molecule has 2 aromatic rings. The van der Waals surface area contributed by atoms with Crippen molar-refractivity contribution in [2.24, 2.45) is 5.73 Å². The smallest absolute Gasteiger partial charge is 0.248 e. The molecule has 5 heteroatoms. The van der Waals surface area contributed by atoms with Crippen molar-refractivity contribution in [1.82, 2.24) is 4.90 Å². The van der Waals surface area contributed by atoms with Crippen LogP contribution < -0.4 is 10.5 Å². The molecule has 0 saturated carbocycles. The van der Waals surface area contributed by atoms with Gasteiger partial charge in [0.2, 0.25) is 5.91 Å². The normalized spacial score (nSPS) is 22.3. The lowest BCUT2D eigenvalue weighted by atomic mass is 9.78. The summed E-state index contributed by atoms with van der Waals surface area (Å²) < 4.78 is 12.0.